The minimum atomic E-state index is -3.21. The average Bonchev–Trinajstić information content (AvgIpc) is 1.98. The van der Waals surface area contributed by atoms with Gasteiger partial charge in [-0.15, -0.1) is 0 Å². The average molecular weight is 190 g/mol. The van der Waals surface area contributed by atoms with Crippen molar-refractivity contribution in [2.24, 2.45) is 5.92 Å². The first-order valence-corrected chi connectivity index (χ1v) is 5.47. The highest BCUT2D eigenvalue weighted by atomic mass is 32.2. The Balaban J connectivity index is 3.83. The van der Waals surface area contributed by atoms with Crippen LogP contribution < -0.4 is 4.72 Å². The van der Waals surface area contributed by atoms with Gasteiger partial charge in [0.1, 0.15) is 0 Å². The summed E-state index contributed by atoms with van der Waals surface area (Å²) >= 11 is 0. The van der Waals surface area contributed by atoms with Crippen LogP contribution in [0.3, 0.4) is 0 Å². The molecule has 0 heterocycles. The van der Waals surface area contributed by atoms with Gasteiger partial charge in [-0.05, 0) is 12.3 Å². The zero-order valence-corrected chi connectivity index (χ0v) is 8.19. The Bertz CT molecular complexity index is 251. The molecule has 12 heavy (non-hydrogen) atoms. The Morgan fingerprint density at radius 3 is 2.50 bits per heavy atom. The second-order valence-corrected chi connectivity index (χ2v) is 4.91. The van der Waals surface area contributed by atoms with Gasteiger partial charge in [-0.1, -0.05) is 13.8 Å². The van der Waals surface area contributed by atoms with Crippen LogP contribution in [-0.2, 0) is 10.0 Å². The molecule has 0 rings (SSSR count). The molecule has 0 saturated carbocycles. The third kappa shape index (κ3) is 6.13. The lowest BCUT2D eigenvalue weighted by Gasteiger charge is -2.04. The number of sulfonamides is 1. The predicted octanol–water partition coefficient (Wildman–Crippen LogP) is 0.475. The normalized spacial score (nSPS) is 11.5. The van der Waals surface area contributed by atoms with Crippen molar-refractivity contribution in [3.05, 3.63) is 0 Å². The summed E-state index contributed by atoms with van der Waals surface area (Å²) in [6.45, 7) is 3.78. The Labute approximate surface area is 73.6 Å². The van der Waals surface area contributed by atoms with Crippen molar-refractivity contribution in [3.8, 4) is 6.07 Å². The van der Waals surface area contributed by atoms with Crippen LogP contribution in [0.4, 0.5) is 0 Å². The van der Waals surface area contributed by atoms with Gasteiger partial charge in [0.2, 0.25) is 10.0 Å². The smallest absolute Gasteiger partial charge is 0.212 e. The summed E-state index contributed by atoms with van der Waals surface area (Å²) < 4.78 is 24.2. The van der Waals surface area contributed by atoms with Crippen LogP contribution in [0.15, 0.2) is 0 Å². The van der Waals surface area contributed by atoms with E-state index in [1.165, 1.54) is 0 Å². The first-order valence-electron chi connectivity index (χ1n) is 3.82. The fourth-order valence-electron chi connectivity index (χ4n) is 0.605. The van der Waals surface area contributed by atoms with Gasteiger partial charge in [-0.3, -0.25) is 0 Å². The fourth-order valence-corrected chi connectivity index (χ4v) is 1.82. The minimum absolute atomic E-state index is 0.104. The maximum atomic E-state index is 11.0. The largest absolute Gasteiger partial charge is 0.212 e. The highest BCUT2D eigenvalue weighted by molar-refractivity contribution is 7.89. The van der Waals surface area contributed by atoms with Crippen LogP contribution in [0, 0.1) is 17.2 Å². The molecule has 0 aliphatic rings. The summed E-state index contributed by atoms with van der Waals surface area (Å²) in [5.41, 5.74) is 0. The van der Waals surface area contributed by atoms with Crippen molar-refractivity contribution in [2.75, 3.05) is 12.3 Å². The summed E-state index contributed by atoms with van der Waals surface area (Å²) in [5, 5.41) is 8.13. The molecule has 0 unspecified atom stereocenters. The molecule has 5 heteroatoms. The molecule has 0 spiro atoms. The van der Waals surface area contributed by atoms with Crippen molar-refractivity contribution in [1.82, 2.24) is 4.72 Å². The second-order valence-electron chi connectivity index (χ2n) is 2.98. The number of nitrogens with one attached hydrogen (secondary N) is 1. The quantitative estimate of drug-likeness (QED) is 0.641. The molecule has 0 atom stereocenters. The van der Waals surface area contributed by atoms with E-state index in [2.05, 4.69) is 4.72 Å². The van der Waals surface area contributed by atoms with E-state index < -0.39 is 10.0 Å². The van der Waals surface area contributed by atoms with E-state index in [9.17, 15) is 8.42 Å². The van der Waals surface area contributed by atoms with E-state index >= 15 is 0 Å². The van der Waals surface area contributed by atoms with Crippen LogP contribution in [0.2, 0.25) is 0 Å². The molecule has 0 aromatic rings. The van der Waals surface area contributed by atoms with E-state index in [1.807, 2.05) is 13.8 Å². The van der Waals surface area contributed by atoms with Gasteiger partial charge in [0, 0.05) is 0 Å². The third-order valence-corrected chi connectivity index (χ3v) is 2.69. The second kappa shape index (κ2) is 5.12. The Hall–Kier alpha value is -0.600. The lowest BCUT2D eigenvalue weighted by Crippen LogP contribution is -2.27. The first kappa shape index (κ1) is 11.4. The Morgan fingerprint density at radius 1 is 1.50 bits per heavy atom. The van der Waals surface area contributed by atoms with Gasteiger partial charge >= 0.3 is 0 Å². The van der Waals surface area contributed by atoms with Crippen LogP contribution in [0.5, 0.6) is 0 Å². The van der Waals surface area contributed by atoms with E-state index in [-0.39, 0.29) is 12.3 Å². The summed E-state index contributed by atoms with van der Waals surface area (Å²) in [6.07, 6.45) is 0.626. The summed E-state index contributed by atoms with van der Waals surface area (Å²) in [5.74, 6) is 0.468. The zero-order chi connectivity index (χ0) is 9.61. The van der Waals surface area contributed by atoms with Crippen LogP contribution in [-0.4, -0.2) is 20.7 Å². The molecule has 0 saturated heterocycles. The molecule has 0 fully saturated rings. The summed E-state index contributed by atoms with van der Waals surface area (Å²) in [7, 11) is -3.21. The van der Waals surface area contributed by atoms with Crippen LogP contribution in [0.1, 0.15) is 20.3 Å². The number of hydrogen-bond donors (Lipinski definition) is 1. The number of hydrogen-bond acceptors (Lipinski definition) is 3. The van der Waals surface area contributed by atoms with Gasteiger partial charge in [0.15, 0.2) is 0 Å². The molecular weight excluding hydrogens is 176 g/mol. The number of rotatable bonds is 5. The topological polar surface area (TPSA) is 70.0 Å². The number of nitrogens with zero attached hydrogens (tertiary/aromatic N) is 1. The van der Waals surface area contributed by atoms with Gasteiger partial charge in [-0.25, -0.2) is 13.1 Å². The molecule has 0 aromatic carbocycles. The predicted molar refractivity (Wildman–Crippen MR) is 46.9 cm³/mol. The van der Waals surface area contributed by atoms with E-state index in [1.54, 1.807) is 6.07 Å². The molecule has 0 aliphatic heterocycles. The molecule has 1 N–H and O–H groups in total. The van der Waals surface area contributed by atoms with Crippen LogP contribution in [0.25, 0.3) is 0 Å². The monoisotopic (exact) mass is 190 g/mol. The maximum absolute atomic E-state index is 11.0. The molecule has 70 valence electrons. The summed E-state index contributed by atoms with van der Waals surface area (Å²) in [4.78, 5) is 0. The highest BCUT2D eigenvalue weighted by Crippen LogP contribution is 2.01. The lowest BCUT2D eigenvalue weighted by molar-refractivity contribution is 0.565. The molecule has 0 bridgehead atoms. The Kier molecular flexibility index (Phi) is 4.86. The van der Waals surface area contributed by atoms with Gasteiger partial charge in [0.05, 0.1) is 18.4 Å². The van der Waals surface area contributed by atoms with E-state index in [4.69, 9.17) is 5.26 Å². The fraction of sp³-hybridized carbons (Fsp3) is 0.857. The third-order valence-electron chi connectivity index (χ3n) is 1.34. The van der Waals surface area contributed by atoms with Crippen LogP contribution >= 0.6 is 0 Å². The van der Waals surface area contributed by atoms with E-state index in [0.29, 0.717) is 12.3 Å². The van der Waals surface area contributed by atoms with Crippen molar-refractivity contribution in [1.29, 1.82) is 5.26 Å². The van der Waals surface area contributed by atoms with Crippen molar-refractivity contribution < 1.29 is 8.42 Å². The minimum Gasteiger partial charge on any atom is -0.212 e. The summed E-state index contributed by atoms with van der Waals surface area (Å²) in [6, 6.07) is 1.72. The molecule has 0 aliphatic carbocycles. The first-order chi connectivity index (χ1) is 5.48. The highest BCUT2D eigenvalue weighted by Gasteiger charge is 2.09. The standard InChI is InChI=1S/C7H14N2O2S/c1-7(2)3-6-12(10,11)9-5-4-8/h7,9H,3,5-6H2,1-2H3. The lowest BCUT2D eigenvalue weighted by atomic mass is 10.2. The van der Waals surface area contributed by atoms with Crippen molar-refractivity contribution >= 4 is 10.0 Å². The molecular formula is C7H14N2O2S. The maximum Gasteiger partial charge on any atom is 0.212 e. The number of nitriles is 1. The Morgan fingerprint density at radius 2 is 2.08 bits per heavy atom. The van der Waals surface area contributed by atoms with E-state index in [0.717, 1.165) is 0 Å². The van der Waals surface area contributed by atoms with Gasteiger partial charge < -0.3 is 0 Å². The SMILES string of the molecule is CC(C)CCS(=O)(=O)NCC#N. The zero-order valence-electron chi connectivity index (χ0n) is 7.37. The molecule has 0 radical (unpaired) electrons. The van der Waals surface area contributed by atoms with Crippen molar-refractivity contribution in [2.45, 2.75) is 20.3 Å². The van der Waals surface area contributed by atoms with Gasteiger partial charge in [-0.2, -0.15) is 5.26 Å². The van der Waals surface area contributed by atoms with Gasteiger partial charge in [0.25, 0.3) is 0 Å². The van der Waals surface area contributed by atoms with Crippen molar-refractivity contribution in [3.63, 3.8) is 0 Å². The molecule has 0 amide bonds. The molecule has 4 nitrogen and oxygen atoms in total. The molecule has 0 aromatic heterocycles.